The van der Waals surface area contributed by atoms with Gasteiger partial charge in [-0.3, -0.25) is 9.80 Å². The maximum absolute atomic E-state index is 5.83. The van der Waals surface area contributed by atoms with E-state index in [1.807, 2.05) is 0 Å². The summed E-state index contributed by atoms with van der Waals surface area (Å²) in [5.74, 6) is 2.38. The van der Waals surface area contributed by atoms with Crippen LogP contribution in [0.2, 0.25) is 0 Å². The van der Waals surface area contributed by atoms with Crippen molar-refractivity contribution in [2.24, 2.45) is 5.41 Å². The van der Waals surface area contributed by atoms with E-state index in [4.69, 9.17) is 9.47 Å². The Morgan fingerprint density at radius 3 is 2.69 bits per heavy atom. The van der Waals surface area contributed by atoms with Gasteiger partial charge in [-0.1, -0.05) is 44.2 Å². The SMILES string of the molecule is COc1cc(CN2CCN(C3CC4(CCNCC4)C3)[C@H](c3ccccc3C(C)C)C2)cc2c1OCC2. The monoisotopic (exact) mass is 489 g/mol. The first-order chi connectivity index (χ1) is 17.5. The Kier molecular flexibility index (Phi) is 6.74. The molecule has 3 fully saturated rings. The van der Waals surface area contributed by atoms with Gasteiger partial charge in [-0.25, -0.2) is 0 Å². The van der Waals surface area contributed by atoms with Gasteiger partial charge in [0.2, 0.25) is 0 Å². The summed E-state index contributed by atoms with van der Waals surface area (Å²) in [7, 11) is 1.76. The molecule has 0 unspecified atom stereocenters. The molecule has 0 bridgehead atoms. The highest BCUT2D eigenvalue weighted by atomic mass is 16.5. The van der Waals surface area contributed by atoms with Crippen LogP contribution in [0.15, 0.2) is 36.4 Å². The van der Waals surface area contributed by atoms with Crippen LogP contribution in [0.5, 0.6) is 11.5 Å². The Hall–Kier alpha value is -2.08. The number of rotatable bonds is 6. The van der Waals surface area contributed by atoms with E-state index in [-0.39, 0.29) is 0 Å². The number of nitrogens with one attached hydrogen (secondary N) is 1. The zero-order valence-electron chi connectivity index (χ0n) is 22.4. The maximum atomic E-state index is 5.83. The van der Waals surface area contributed by atoms with Crippen LogP contribution < -0.4 is 14.8 Å². The summed E-state index contributed by atoms with van der Waals surface area (Å²) >= 11 is 0. The number of piperazine rings is 1. The molecule has 194 valence electrons. The van der Waals surface area contributed by atoms with Gasteiger partial charge in [-0.05, 0) is 72.9 Å². The fourth-order valence-electron chi connectivity index (χ4n) is 7.43. The molecule has 5 heteroatoms. The topological polar surface area (TPSA) is 37.0 Å². The summed E-state index contributed by atoms with van der Waals surface area (Å²) in [6, 6.07) is 15.0. The molecule has 5 nitrogen and oxygen atoms in total. The Labute approximate surface area is 217 Å². The van der Waals surface area contributed by atoms with Gasteiger partial charge < -0.3 is 14.8 Å². The van der Waals surface area contributed by atoms with Crippen molar-refractivity contribution in [2.75, 3.05) is 46.4 Å². The Morgan fingerprint density at radius 2 is 1.92 bits per heavy atom. The predicted molar refractivity (Wildman–Crippen MR) is 145 cm³/mol. The second-order valence-corrected chi connectivity index (χ2v) is 12.0. The Morgan fingerprint density at radius 1 is 1.11 bits per heavy atom. The van der Waals surface area contributed by atoms with E-state index in [9.17, 15) is 0 Å². The van der Waals surface area contributed by atoms with Crippen LogP contribution in [0, 0.1) is 5.41 Å². The van der Waals surface area contributed by atoms with E-state index in [1.54, 1.807) is 12.7 Å². The fraction of sp³-hybridized carbons (Fsp3) is 0.613. The molecule has 1 saturated carbocycles. The second kappa shape index (κ2) is 10.00. The normalized spacial score (nSPS) is 24.5. The first kappa shape index (κ1) is 24.3. The molecular formula is C31H43N3O2. The molecule has 4 aliphatic rings. The maximum Gasteiger partial charge on any atom is 0.164 e. The lowest BCUT2D eigenvalue weighted by molar-refractivity contribution is -0.0650. The number of piperidine rings is 1. The first-order valence-corrected chi connectivity index (χ1v) is 14.2. The quantitative estimate of drug-likeness (QED) is 0.608. The van der Waals surface area contributed by atoms with Crippen LogP contribution >= 0.6 is 0 Å². The highest BCUT2D eigenvalue weighted by molar-refractivity contribution is 5.51. The van der Waals surface area contributed by atoms with Gasteiger partial charge in [0.15, 0.2) is 11.5 Å². The van der Waals surface area contributed by atoms with E-state index in [1.165, 1.54) is 55.5 Å². The molecule has 6 rings (SSSR count). The molecule has 36 heavy (non-hydrogen) atoms. The van der Waals surface area contributed by atoms with E-state index in [0.717, 1.165) is 56.7 Å². The predicted octanol–water partition coefficient (Wildman–Crippen LogP) is 5.14. The molecule has 1 atom stereocenters. The van der Waals surface area contributed by atoms with E-state index >= 15 is 0 Å². The minimum atomic E-state index is 0.459. The second-order valence-electron chi connectivity index (χ2n) is 12.0. The van der Waals surface area contributed by atoms with Crippen LogP contribution in [-0.4, -0.2) is 62.3 Å². The molecule has 3 heterocycles. The van der Waals surface area contributed by atoms with Crippen LogP contribution in [0.1, 0.15) is 73.7 Å². The third-order valence-electron chi connectivity index (χ3n) is 9.39. The molecule has 0 radical (unpaired) electrons. The standard InChI is InChI=1S/C31H43N3O2/c1-22(2)26-6-4-5-7-27(26)28-21-33(20-23-16-24-8-15-36-30(24)29(17-23)35-3)13-14-34(28)25-18-31(19-25)9-11-32-12-10-31/h4-7,16-17,22,25,28,32H,8-15,18-21H2,1-3H3/t28-/m0/s1. The average Bonchev–Trinajstić information content (AvgIpc) is 3.36. The van der Waals surface area contributed by atoms with Crippen LogP contribution in [0.4, 0.5) is 0 Å². The van der Waals surface area contributed by atoms with E-state index < -0.39 is 0 Å². The summed E-state index contributed by atoms with van der Waals surface area (Å²) in [6.07, 6.45) is 6.48. The highest BCUT2D eigenvalue weighted by Crippen LogP contribution is 2.52. The average molecular weight is 490 g/mol. The van der Waals surface area contributed by atoms with Crippen molar-refractivity contribution in [2.45, 2.75) is 70.5 Å². The molecule has 1 spiro atoms. The van der Waals surface area contributed by atoms with Crippen molar-refractivity contribution >= 4 is 0 Å². The zero-order valence-corrected chi connectivity index (χ0v) is 22.4. The van der Waals surface area contributed by atoms with Gasteiger partial charge in [0.05, 0.1) is 13.7 Å². The summed E-state index contributed by atoms with van der Waals surface area (Å²) < 4.78 is 11.5. The molecular weight excluding hydrogens is 446 g/mol. The molecule has 0 amide bonds. The number of hydrogen-bond donors (Lipinski definition) is 1. The molecule has 2 aromatic rings. The number of benzene rings is 2. The van der Waals surface area contributed by atoms with Crippen molar-refractivity contribution in [1.82, 2.24) is 15.1 Å². The zero-order chi connectivity index (χ0) is 24.7. The van der Waals surface area contributed by atoms with Crippen LogP contribution in [-0.2, 0) is 13.0 Å². The lowest BCUT2D eigenvalue weighted by Crippen LogP contribution is -2.59. The van der Waals surface area contributed by atoms with Gasteiger partial charge in [0.1, 0.15) is 0 Å². The summed E-state index contributed by atoms with van der Waals surface area (Å²) in [5.41, 5.74) is 6.31. The van der Waals surface area contributed by atoms with Crippen LogP contribution in [0.25, 0.3) is 0 Å². The lowest BCUT2D eigenvalue weighted by Gasteiger charge is -2.57. The number of fused-ring (bicyclic) bond motifs is 1. The summed E-state index contributed by atoms with van der Waals surface area (Å²) in [4.78, 5) is 5.57. The van der Waals surface area contributed by atoms with Gasteiger partial charge in [-0.2, -0.15) is 0 Å². The molecule has 2 aromatic carbocycles. The summed E-state index contributed by atoms with van der Waals surface area (Å²) in [6.45, 7) is 12.2. The minimum absolute atomic E-state index is 0.459. The number of nitrogens with zero attached hydrogens (tertiary/aromatic N) is 2. The van der Waals surface area contributed by atoms with Crippen molar-refractivity contribution < 1.29 is 9.47 Å². The molecule has 2 saturated heterocycles. The van der Waals surface area contributed by atoms with Gasteiger partial charge in [-0.15, -0.1) is 0 Å². The third kappa shape index (κ3) is 4.55. The van der Waals surface area contributed by atoms with Crippen molar-refractivity contribution in [3.05, 3.63) is 58.7 Å². The van der Waals surface area contributed by atoms with Crippen molar-refractivity contribution in [3.8, 4) is 11.5 Å². The van der Waals surface area contributed by atoms with Crippen LogP contribution in [0.3, 0.4) is 0 Å². The number of hydrogen-bond acceptors (Lipinski definition) is 5. The van der Waals surface area contributed by atoms with E-state index in [2.05, 4.69) is 65.4 Å². The molecule has 0 aromatic heterocycles. The Bertz CT molecular complexity index is 1070. The number of methoxy groups -OCH3 is 1. The van der Waals surface area contributed by atoms with Gasteiger partial charge in [0, 0.05) is 50.2 Å². The van der Waals surface area contributed by atoms with Gasteiger partial charge >= 0.3 is 0 Å². The van der Waals surface area contributed by atoms with Crippen molar-refractivity contribution in [1.29, 1.82) is 0 Å². The third-order valence-corrected chi connectivity index (χ3v) is 9.39. The van der Waals surface area contributed by atoms with E-state index in [0.29, 0.717) is 17.4 Å². The minimum Gasteiger partial charge on any atom is -0.493 e. The molecule has 3 aliphatic heterocycles. The largest absolute Gasteiger partial charge is 0.493 e. The molecule has 1 aliphatic carbocycles. The number of ether oxygens (including phenoxy) is 2. The molecule has 1 N–H and O–H groups in total. The summed E-state index contributed by atoms with van der Waals surface area (Å²) in [5, 5.41) is 3.57. The lowest BCUT2D eigenvalue weighted by atomic mass is 9.60. The smallest absolute Gasteiger partial charge is 0.164 e. The fourth-order valence-corrected chi connectivity index (χ4v) is 7.43. The first-order valence-electron chi connectivity index (χ1n) is 14.2. The van der Waals surface area contributed by atoms with Crippen molar-refractivity contribution in [3.63, 3.8) is 0 Å². The van der Waals surface area contributed by atoms with Gasteiger partial charge in [0.25, 0.3) is 0 Å². The highest BCUT2D eigenvalue weighted by Gasteiger charge is 2.49. The Balaban J connectivity index is 1.24.